The standard InChI is InChI=1S/C7H12N2O4S.Na/c1-5(2)9-4-6(3-8-9)7(10)14(11,12)13;/h3-5,7,10H,1-2H3,(H,11,12,13);/q;+1/p-1. The van der Waals surface area contributed by atoms with E-state index < -0.39 is 15.6 Å². The molecule has 80 valence electrons. The fourth-order valence-corrected chi connectivity index (χ4v) is 1.38. The van der Waals surface area contributed by atoms with Crippen LogP contribution in [-0.4, -0.2) is 27.9 Å². The first-order valence-corrected chi connectivity index (χ1v) is 5.46. The van der Waals surface area contributed by atoms with Crippen molar-refractivity contribution in [2.24, 2.45) is 0 Å². The van der Waals surface area contributed by atoms with Gasteiger partial charge in [0.2, 0.25) is 0 Å². The maximum Gasteiger partial charge on any atom is 1.00 e. The van der Waals surface area contributed by atoms with E-state index in [2.05, 4.69) is 5.10 Å². The van der Waals surface area contributed by atoms with Crippen molar-refractivity contribution in [3.05, 3.63) is 18.0 Å². The number of aromatic nitrogens is 2. The molecule has 0 aliphatic heterocycles. The van der Waals surface area contributed by atoms with Gasteiger partial charge in [0.05, 0.1) is 6.20 Å². The Labute approximate surface area is 110 Å². The minimum atomic E-state index is -4.72. The van der Waals surface area contributed by atoms with Crippen LogP contribution in [0.3, 0.4) is 0 Å². The molecule has 0 fully saturated rings. The fraction of sp³-hybridized carbons (Fsp3) is 0.571. The van der Waals surface area contributed by atoms with Crippen molar-refractivity contribution in [2.75, 3.05) is 0 Å². The van der Waals surface area contributed by atoms with Crippen LogP contribution >= 0.6 is 0 Å². The Hall–Kier alpha value is 0.0800. The minimum Gasteiger partial charge on any atom is -0.746 e. The molecule has 6 nitrogen and oxygen atoms in total. The van der Waals surface area contributed by atoms with Crippen molar-refractivity contribution in [2.45, 2.75) is 25.3 Å². The van der Waals surface area contributed by atoms with Gasteiger partial charge in [-0.2, -0.15) is 5.10 Å². The van der Waals surface area contributed by atoms with Crippen LogP contribution in [0.5, 0.6) is 0 Å². The van der Waals surface area contributed by atoms with Crippen LogP contribution in [-0.2, 0) is 10.1 Å². The zero-order valence-corrected chi connectivity index (χ0v) is 11.6. The van der Waals surface area contributed by atoms with E-state index in [-0.39, 0.29) is 41.2 Å². The maximum atomic E-state index is 10.5. The van der Waals surface area contributed by atoms with E-state index in [4.69, 9.17) is 5.11 Å². The number of hydrogen-bond acceptors (Lipinski definition) is 5. The van der Waals surface area contributed by atoms with E-state index in [1.807, 2.05) is 13.8 Å². The Morgan fingerprint density at radius 2 is 2.07 bits per heavy atom. The smallest absolute Gasteiger partial charge is 0.746 e. The molecule has 0 saturated carbocycles. The van der Waals surface area contributed by atoms with Crippen LogP contribution < -0.4 is 29.6 Å². The second kappa shape index (κ2) is 5.42. The Kier molecular flexibility index (Phi) is 5.45. The molecule has 1 aromatic rings. The van der Waals surface area contributed by atoms with Crippen LogP contribution in [0.2, 0.25) is 0 Å². The predicted molar refractivity (Wildman–Crippen MR) is 47.3 cm³/mol. The number of hydrogen-bond donors (Lipinski definition) is 1. The van der Waals surface area contributed by atoms with Crippen LogP contribution in [0.25, 0.3) is 0 Å². The quantitative estimate of drug-likeness (QED) is 0.450. The van der Waals surface area contributed by atoms with E-state index in [0.29, 0.717) is 0 Å². The summed E-state index contributed by atoms with van der Waals surface area (Å²) < 4.78 is 32.9. The summed E-state index contributed by atoms with van der Waals surface area (Å²) in [6.45, 7) is 3.68. The molecule has 0 aliphatic carbocycles. The topological polar surface area (TPSA) is 95.2 Å². The van der Waals surface area contributed by atoms with Gasteiger partial charge >= 0.3 is 29.6 Å². The van der Waals surface area contributed by atoms with Crippen LogP contribution in [0.15, 0.2) is 12.4 Å². The van der Waals surface area contributed by atoms with Crippen LogP contribution in [0.4, 0.5) is 0 Å². The van der Waals surface area contributed by atoms with Gasteiger partial charge in [0, 0.05) is 17.8 Å². The molecule has 1 rings (SSSR count). The second-order valence-corrected chi connectivity index (χ2v) is 4.62. The molecule has 0 aliphatic rings. The molecule has 8 heteroatoms. The first-order valence-electron chi connectivity index (χ1n) is 3.99. The molecule has 1 unspecified atom stereocenters. The molecule has 1 aromatic heterocycles. The molecule has 0 amide bonds. The average molecular weight is 242 g/mol. The summed E-state index contributed by atoms with van der Waals surface area (Å²) in [6, 6.07) is 0.0466. The second-order valence-electron chi connectivity index (χ2n) is 3.19. The van der Waals surface area contributed by atoms with Gasteiger partial charge in [0.25, 0.3) is 0 Å². The monoisotopic (exact) mass is 242 g/mol. The third-order valence-corrected chi connectivity index (χ3v) is 2.53. The van der Waals surface area contributed by atoms with Crippen molar-refractivity contribution in [1.82, 2.24) is 9.78 Å². The maximum absolute atomic E-state index is 10.5. The molecule has 0 spiro atoms. The first-order chi connectivity index (χ1) is 6.32. The van der Waals surface area contributed by atoms with E-state index in [0.717, 1.165) is 0 Å². The fourth-order valence-electron chi connectivity index (χ4n) is 0.929. The Bertz CT molecular complexity index is 414. The number of rotatable bonds is 3. The molecule has 0 saturated heterocycles. The summed E-state index contributed by atoms with van der Waals surface area (Å²) in [5, 5.41) is 12.9. The SMILES string of the molecule is CC(C)n1cc(C(O)S(=O)(=O)[O-])cn1.[Na+]. The minimum absolute atomic E-state index is 0. The van der Waals surface area contributed by atoms with E-state index >= 15 is 0 Å². The van der Waals surface area contributed by atoms with Crippen LogP contribution in [0, 0.1) is 0 Å². The van der Waals surface area contributed by atoms with Gasteiger partial charge in [0.15, 0.2) is 5.44 Å². The molecule has 15 heavy (non-hydrogen) atoms. The van der Waals surface area contributed by atoms with E-state index in [9.17, 15) is 13.0 Å². The third-order valence-electron chi connectivity index (χ3n) is 1.71. The number of nitrogens with zero attached hydrogens (tertiary/aromatic N) is 2. The Balaban J connectivity index is 0.00000196. The summed E-state index contributed by atoms with van der Waals surface area (Å²) in [5.74, 6) is 0. The van der Waals surface area contributed by atoms with Crippen molar-refractivity contribution >= 4 is 10.1 Å². The Morgan fingerprint density at radius 1 is 1.53 bits per heavy atom. The number of aliphatic hydroxyl groups excluding tert-OH is 1. The largest absolute Gasteiger partial charge is 1.00 e. The van der Waals surface area contributed by atoms with Crippen molar-refractivity contribution in [1.29, 1.82) is 0 Å². The molecular weight excluding hydrogens is 231 g/mol. The molecule has 1 heterocycles. The zero-order valence-electron chi connectivity index (χ0n) is 8.78. The molecule has 0 aromatic carbocycles. The van der Waals surface area contributed by atoms with Gasteiger partial charge in [-0.15, -0.1) is 0 Å². The average Bonchev–Trinajstić information content (AvgIpc) is 2.48. The molecule has 1 atom stereocenters. The molecular formula is C7H11N2NaO4S. The van der Waals surface area contributed by atoms with Crippen LogP contribution in [0.1, 0.15) is 30.9 Å². The summed E-state index contributed by atoms with van der Waals surface area (Å²) in [5.41, 5.74) is -2.04. The normalized spacial score (nSPS) is 13.7. The summed E-state index contributed by atoms with van der Waals surface area (Å²) >= 11 is 0. The van der Waals surface area contributed by atoms with Gasteiger partial charge in [-0.05, 0) is 13.8 Å². The van der Waals surface area contributed by atoms with Crippen molar-refractivity contribution in [3.8, 4) is 0 Å². The van der Waals surface area contributed by atoms with Gasteiger partial charge < -0.3 is 9.66 Å². The molecule has 0 radical (unpaired) electrons. The van der Waals surface area contributed by atoms with E-state index in [1.165, 1.54) is 17.1 Å². The summed E-state index contributed by atoms with van der Waals surface area (Å²) in [4.78, 5) is 0. The van der Waals surface area contributed by atoms with Gasteiger partial charge in [-0.3, -0.25) is 4.68 Å². The van der Waals surface area contributed by atoms with Crippen molar-refractivity contribution < 1.29 is 47.6 Å². The summed E-state index contributed by atoms with van der Waals surface area (Å²) in [6.07, 6.45) is 2.50. The molecule has 1 N–H and O–H groups in total. The number of aliphatic hydroxyl groups is 1. The first kappa shape index (κ1) is 15.1. The van der Waals surface area contributed by atoms with E-state index in [1.54, 1.807) is 0 Å². The zero-order chi connectivity index (χ0) is 10.9. The Morgan fingerprint density at radius 3 is 2.40 bits per heavy atom. The van der Waals surface area contributed by atoms with Gasteiger partial charge in [-0.1, -0.05) is 0 Å². The van der Waals surface area contributed by atoms with Gasteiger partial charge in [0.1, 0.15) is 10.1 Å². The van der Waals surface area contributed by atoms with Crippen molar-refractivity contribution in [3.63, 3.8) is 0 Å². The van der Waals surface area contributed by atoms with Gasteiger partial charge in [-0.25, -0.2) is 8.42 Å². The molecule has 0 bridgehead atoms. The summed E-state index contributed by atoms with van der Waals surface area (Å²) in [7, 11) is -4.72. The predicted octanol–water partition coefficient (Wildman–Crippen LogP) is -3.00. The third kappa shape index (κ3) is 3.86.